The normalized spacial score (nSPS) is 10.1. The molecule has 2 rings (SSSR count). The van der Waals surface area contributed by atoms with Gasteiger partial charge in [-0.3, -0.25) is 10.1 Å². The van der Waals surface area contributed by atoms with Crippen LogP contribution < -0.4 is 15.4 Å². The van der Waals surface area contributed by atoms with Crippen LogP contribution >= 0.6 is 39.7 Å². The lowest BCUT2D eigenvalue weighted by Crippen LogP contribution is -2.34. The highest BCUT2D eigenvalue weighted by Gasteiger charge is 2.15. The topological polar surface area (TPSA) is 50.4 Å². The first-order valence-electron chi connectivity index (χ1n) is 6.63. The number of hydrogen-bond acceptors (Lipinski definition) is 3. The minimum atomic E-state index is -0.351. The summed E-state index contributed by atoms with van der Waals surface area (Å²) >= 11 is 14.6. The van der Waals surface area contributed by atoms with Crippen molar-refractivity contribution in [2.24, 2.45) is 0 Å². The number of hydrogen-bond donors (Lipinski definition) is 2. The number of para-hydroxylation sites is 1. The van der Waals surface area contributed by atoms with Gasteiger partial charge in [0, 0.05) is 4.47 Å². The molecule has 0 aliphatic rings. The molecule has 120 valence electrons. The number of nitrogens with one attached hydrogen (secondary N) is 2. The first-order chi connectivity index (χ1) is 10.9. The van der Waals surface area contributed by atoms with Crippen molar-refractivity contribution in [3.63, 3.8) is 0 Å². The van der Waals surface area contributed by atoms with Crippen LogP contribution in [0.1, 0.15) is 15.9 Å². The monoisotopic (exact) mass is 412 g/mol. The Morgan fingerprint density at radius 2 is 2.04 bits per heavy atom. The van der Waals surface area contributed by atoms with E-state index in [9.17, 15) is 4.79 Å². The Morgan fingerprint density at radius 3 is 2.70 bits per heavy atom. The number of methoxy groups -OCH3 is 1. The smallest absolute Gasteiger partial charge is 0.261 e. The van der Waals surface area contributed by atoms with Crippen LogP contribution in [0.3, 0.4) is 0 Å². The Kier molecular flexibility index (Phi) is 5.98. The highest BCUT2D eigenvalue weighted by atomic mass is 79.9. The lowest BCUT2D eigenvalue weighted by Gasteiger charge is -2.13. The minimum absolute atomic E-state index is 0.155. The summed E-state index contributed by atoms with van der Waals surface area (Å²) in [5.41, 5.74) is 1.89. The van der Waals surface area contributed by atoms with E-state index in [2.05, 4.69) is 26.6 Å². The van der Waals surface area contributed by atoms with Gasteiger partial charge in [0.2, 0.25) is 0 Å². The van der Waals surface area contributed by atoms with Gasteiger partial charge in [-0.05, 0) is 49.0 Å². The molecule has 2 aromatic rings. The van der Waals surface area contributed by atoms with Gasteiger partial charge in [0.25, 0.3) is 5.91 Å². The van der Waals surface area contributed by atoms with Crippen molar-refractivity contribution < 1.29 is 9.53 Å². The molecular formula is C16H14BrClN2O2S. The first-order valence-corrected chi connectivity index (χ1v) is 8.21. The molecule has 0 aliphatic carbocycles. The molecule has 0 atom stereocenters. The van der Waals surface area contributed by atoms with Crippen LogP contribution in [0, 0.1) is 6.92 Å². The second-order valence-electron chi connectivity index (χ2n) is 4.69. The molecule has 0 aromatic heterocycles. The second-order valence-corrected chi connectivity index (χ2v) is 6.42. The number of thiocarbonyl (C=S) groups is 1. The molecule has 0 unspecified atom stereocenters. The third-order valence-electron chi connectivity index (χ3n) is 3.07. The van der Waals surface area contributed by atoms with Gasteiger partial charge < -0.3 is 10.1 Å². The summed E-state index contributed by atoms with van der Waals surface area (Å²) in [6, 6.07) is 10.7. The predicted molar refractivity (Wildman–Crippen MR) is 101 cm³/mol. The maximum atomic E-state index is 12.4. The van der Waals surface area contributed by atoms with Crippen molar-refractivity contribution in [1.29, 1.82) is 0 Å². The van der Waals surface area contributed by atoms with Crippen LogP contribution in [-0.4, -0.2) is 18.1 Å². The fourth-order valence-corrected chi connectivity index (χ4v) is 2.94. The molecule has 2 aromatic carbocycles. The zero-order valence-electron chi connectivity index (χ0n) is 12.4. The summed E-state index contributed by atoms with van der Waals surface area (Å²) < 4.78 is 6.13. The second kappa shape index (κ2) is 7.77. The molecule has 0 aliphatic heterocycles. The fraction of sp³-hybridized carbons (Fsp3) is 0.125. The Hall–Kier alpha value is -1.63. The summed E-state index contributed by atoms with van der Waals surface area (Å²) in [6.45, 7) is 1.87. The van der Waals surface area contributed by atoms with E-state index in [1.54, 1.807) is 24.3 Å². The molecular weight excluding hydrogens is 400 g/mol. The van der Waals surface area contributed by atoms with Gasteiger partial charge in [-0.15, -0.1) is 0 Å². The van der Waals surface area contributed by atoms with Gasteiger partial charge in [-0.2, -0.15) is 0 Å². The molecule has 0 saturated carbocycles. The maximum absolute atomic E-state index is 12.4. The molecule has 1 amide bonds. The summed E-state index contributed by atoms with van der Waals surface area (Å²) in [4.78, 5) is 12.4. The third-order valence-corrected chi connectivity index (χ3v) is 4.08. The van der Waals surface area contributed by atoms with E-state index in [0.717, 1.165) is 10.0 Å². The molecule has 2 N–H and O–H groups in total. The fourth-order valence-electron chi connectivity index (χ4n) is 2.02. The van der Waals surface area contributed by atoms with Gasteiger partial charge in [-0.1, -0.05) is 39.7 Å². The largest absolute Gasteiger partial charge is 0.496 e. The number of aryl methyl sites for hydroxylation is 1. The summed E-state index contributed by atoms with van der Waals surface area (Å²) in [5, 5.41) is 6.16. The highest BCUT2D eigenvalue weighted by molar-refractivity contribution is 9.10. The Bertz CT molecular complexity index is 768. The van der Waals surface area contributed by atoms with E-state index in [-0.39, 0.29) is 11.0 Å². The molecule has 0 heterocycles. The summed E-state index contributed by atoms with van der Waals surface area (Å²) in [5.74, 6) is 0.172. The first kappa shape index (κ1) is 17.7. The molecule has 0 bridgehead atoms. The molecule has 7 heteroatoms. The molecule has 23 heavy (non-hydrogen) atoms. The third kappa shape index (κ3) is 4.43. The van der Waals surface area contributed by atoms with E-state index in [0.29, 0.717) is 22.0 Å². The van der Waals surface area contributed by atoms with Gasteiger partial charge >= 0.3 is 0 Å². The number of ether oxygens (including phenoxy) is 1. The highest BCUT2D eigenvalue weighted by Crippen LogP contribution is 2.26. The SMILES string of the molecule is COc1c(C)cccc1C(=O)NC(=S)Nc1ccc(Br)cc1Cl. The van der Waals surface area contributed by atoms with Crippen LogP contribution in [-0.2, 0) is 0 Å². The molecule has 0 fully saturated rings. The van der Waals surface area contributed by atoms with E-state index in [1.165, 1.54) is 7.11 Å². The lowest BCUT2D eigenvalue weighted by molar-refractivity contribution is 0.0974. The lowest BCUT2D eigenvalue weighted by atomic mass is 10.1. The van der Waals surface area contributed by atoms with Crippen LogP contribution in [0.4, 0.5) is 5.69 Å². The number of benzene rings is 2. The van der Waals surface area contributed by atoms with Gasteiger partial charge in [0.15, 0.2) is 5.11 Å². The Balaban J connectivity index is 2.11. The van der Waals surface area contributed by atoms with Gasteiger partial charge in [0.1, 0.15) is 5.75 Å². The number of rotatable bonds is 3. The van der Waals surface area contributed by atoms with Crippen LogP contribution in [0.15, 0.2) is 40.9 Å². The van der Waals surface area contributed by atoms with Crippen molar-refractivity contribution >= 4 is 56.5 Å². The van der Waals surface area contributed by atoms with E-state index in [4.69, 9.17) is 28.6 Å². The average Bonchev–Trinajstić information content (AvgIpc) is 2.49. The van der Waals surface area contributed by atoms with Crippen molar-refractivity contribution in [2.45, 2.75) is 6.92 Å². The van der Waals surface area contributed by atoms with Crippen molar-refractivity contribution in [3.05, 3.63) is 57.0 Å². The molecule has 0 radical (unpaired) electrons. The van der Waals surface area contributed by atoms with E-state index < -0.39 is 0 Å². The number of halogens is 2. The van der Waals surface area contributed by atoms with E-state index >= 15 is 0 Å². The standard InChI is InChI=1S/C16H14BrClN2O2S/c1-9-4-3-5-11(14(9)22-2)15(21)20-16(23)19-13-7-6-10(17)8-12(13)18/h3-8H,1-2H3,(H2,19,20,21,23). The number of anilines is 1. The minimum Gasteiger partial charge on any atom is -0.496 e. The van der Waals surface area contributed by atoms with Gasteiger partial charge in [-0.25, -0.2) is 0 Å². The number of amides is 1. The van der Waals surface area contributed by atoms with Crippen LogP contribution in [0.2, 0.25) is 5.02 Å². The summed E-state index contributed by atoms with van der Waals surface area (Å²) in [6.07, 6.45) is 0. The Labute approximate surface area is 153 Å². The van der Waals surface area contributed by atoms with Crippen LogP contribution in [0.25, 0.3) is 0 Å². The molecule has 4 nitrogen and oxygen atoms in total. The Morgan fingerprint density at radius 1 is 1.30 bits per heavy atom. The number of carbonyl (C=O) groups is 1. The zero-order valence-corrected chi connectivity index (χ0v) is 15.6. The van der Waals surface area contributed by atoms with Crippen LogP contribution in [0.5, 0.6) is 5.75 Å². The van der Waals surface area contributed by atoms with Crippen molar-refractivity contribution in [3.8, 4) is 5.75 Å². The van der Waals surface area contributed by atoms with Crippen molar-refractivity contribution in [2.75, 3.05) is 12.4 Å². The predicted octanol–water partition coefficient (Wildman–Crippen LogP) is 4.55. The quantitative estimate of drug-likeness (QED) is 0.725. The maximum Gasteiger partial charge on any atom is 0.261 e. The summed E-state index contributed by atoms with van der Waals surface area (Å²) in [7, 11) is 1.53. The van der Waals surface area contributed by atoms with Crippen molar-refractivity contribution in [1.82, 2.24) is 5.32 Å². The average molecular weight is 414 g/mol. The molecule has 0 spiro atoms. The van der Waals surface area contributed by atoms with E-state index in [1.807, 2.05) is 19.1 Å². The zero-order chi connectivity index (χ0) is 17.0. The van der Waals surface area contributed by atoms with Gasteiger partial charge in [0.05, 0.1) is 23.4 Å². The molecule has 0 saturated heterocycles. The number of carbonyl (C=O) groups excluding carboxylic acids is 1.